The maximum atomic E-state index is 13.2. The quantitative estimate of drug-likeness (QED) is 0.647. The molecule has 0 aromatic heterocycles. The maximum Gasteiger partial charge on any atom is 0.123 e. The third-order valence-electron chi connectivity index (χ3n) is 4.77. The van der Waals surface area contributed by atoms with Gasteiger partial charge in [0.15, 0.2) is 0 Å². The SMILES string of the molecule is CC1CCC(C(Cc2cccc(F)c2)NN)CC1C. The molecular formula is C16H25FN2. The first kappa shape index (κ1) is 14.5. The van der Waals surface area contributed by atoms with Crippen molar-refractivity contribution in [1.82, 2.24) is 5.43 Å². The first-order valence-electron chi connectivity index (χ1n) is 7.30. The van der Waals surface area contributed by atoms with Gasteiger partial charge in [-0.15, -0.1) is 0 Å². The Morgan fingerprint density at radius 3 is 2.74 bits per heavy atom. The molecule has 19 heavy (non-hydrogen) atoms. The molecule has 2 nitrogen and oxygen atoms in total. The second-order valence-corrected chi connectivity index (χ2v) is 6.13. The average Bonchev–Trinajstić information content (AvgIpc) is 2.39. The number of nitrogens with one attached hydrogen (secondary N) is 1. The van der Waals surface area contributed by atoms with Gasteiger partial charge in [-0.1, -0.05) is 32.4 Å². The van der Waals surface area contributed by atoms with Crippen LogP contribution in [0, 0.1) is 23.6 Å². The molecule has 2 rings (SSSR count). The number of nitrogens with two attached hydrogens (primary N) is 1. The van der Waals surface area contributed by atoms with E-state index in [1.165, 1.54) is 25.3 Å². The molecule has 1 aromatic carbocycles. The molecule has 0 bridgehead atoms. The van der Waals surface area contributed by atoms with Crippen LogP contribution in [0.25, 0.3) is 0 Å². The molecule has 4 unspecified atom stereocenters. The molecule has 1 saturated carbocycles. The predicted molar refractivity (Wildman–Crippen MR) is 76.9 cm³/mol. The number of hydrogen-bond donors (Lipinski definition) is 2. The Kier molecular flexibility index (Phi) is 4.94. The molecule has 0 saturated heterocycles. The van der Waals surface area contributed by atoms with Gasteiger partial charge in [-0.2, -0.15) is 0 Å². The third-order valence-corrected chi connectivity index (χ3v) is 4.77. The standard InChI is InChI=1S/C16H25FN2/c1-11-6-7-14(8-12(11)2)16(19-18)10-13-4-3-5-15(17)9-13/h3-5,9,11-12,14,16,19H,6-8,10,18H2,1-2H3. The molecule has 106 valence electrons. The van der Waals surface area contributed by atoms with Gasteiger partial charge in [0.25, 0.3) is 0 Å². The number of benzene rings is 1. The smallest absolute Gasteiger partial charge is 0.123 e. The van der Waals surface area contributed by atoms with Gasteiger partial charge in [0.05, 0.1) is 0 Å². The van der Waals surface area contributed by atoms with Crippen molar-refractivity contribution in [2.75, 3.05) is 0 Å². The van der Waals surface area contributed by atoms with Crippen LogP contribution in [0.4, 0.5) is 4.39 Å². The highest BCUT2D eigenvalue weighted by Crippen LogP contribution is 2.35. The first-order chi connectivity index (χ1) is 9.10. The van der Waals surface area contributed by atoms with Crippen molar-refractivity contribution in [2.45, 2.75) is 45.6 Å². The number of halogens is 1. The van der Waals surface area contributed by atoms with Crippen molar-refractivity contribution >= 4 is 0 Å². The van der Waals surface area contributed by atoms with E-state index in [0.29, 0.717) is 5.92 Å². The van der Waals surface area contributed by atoms with Gasteiger partial charge >= 0.3 is 0 Å². The second kappa shape index (κ2) is 6.49. The highest BCUT2D eigenvalue weighted by Gasteiger charge is 2.29. The Morgan fingerprint density at radius 1 is 1.32 bits per heavy atom. The normalized spacial score (nSPS) is 29.2. The molecule has 1 aromatic rings. The molecule has 4 atom stereocenters. The largest absolute Gasteiger partial charge is 0.271 e. The van der Waals surface area contributed by atoms with Crippen LogP contribution in [0.1, 0.15) is 38.7 Å². The summed E-state index contributed by atoms with van der Waals surface area (Å²) in [5.74, 6) is 7.72. The molecule has 0 spiro atoms. The minimum absolute atomic E-state index is 0.168. The molecule has 3 N–H and O–H groups in total. The van der Waals surface area contributed by atoms with Gasteiger partial charge in [0, 0.05) is 6.04 Å². The van der Waals surface area contributed by atoms with E-state index in [-0.39, 0.29) is 11.9 Å². The van der Waals surface area contributed by atoms with Crippen molar-refractivity contribution in [3.05, 3.63) is 35.6 Å². The van der Waals surface area contributed by atoms with E-state index < -0.39 is 0 Å². The van der Waals surface area contributed by atoms with Crippen LogP contribution >= 0.6 is 0 Å². The summed E-state index contributed by atoms with van der Waals surface area (Å²) >= 11 is 0. The Labute approximate surface area is 115 Å². The fraction of sp³-hybridized carbons (Fsp3) is 0.625. The van der Waals surface area contributed by atoms with Crippen LogP contribution in [-0.4, -0.2) is 6.04 Å². The monoisotopic (exact) mass is 264 g/mol. The predicted octanol–water partition coefficient (Wildman–Crippen LogP) is 3.27. The van der Waals surface area contributed by atoms with Crippen LogP contribution in [0.15, 0.2) is 24.3 Å². The van der Waals surface area contributed by atoms with Gasteiger partial charge in [0.1, 0.15) is 5.82 Å². The van der Waals surface area contributed by atoms with E-state index >= 15 is 0 Å². The summed E-state index contributed by atoms with van der Waals surface area (Å²) in [5, 5.41) is 0. The van der Waals surface area contributed by atoms with E-state index in [2.05, 4.69) is 19.3 Å². The third kappa shape index (κ3) is 3.77. The average molecular weight is 264 g/mol. The van der Waals surface area contributed by atoms with Gasteiger partial charge < -0.3 is 0 Å². The van der Waals surface area contributed by atoms with Crippen LogP contribution in [-0.2, 0) is 6.42 Å². The van der Waals surface area contributed by atoms with Crippen molar-refractivity contribution < 1.29 is 4.39 Å². The Hall–Kier alpha value is -0.930. The molecule has 0 heterocycles. The zero-order valence-electron chi connectivity index (χ0n) is 11.9. The summed E-state index contributed by atoms with van der Waals surface area (Å²) in [5.41, 5.74) is 3.98. The Morgan fingerprint density at radius 2 is 2.11 bits per heavy atom. The van der Waals surface area contributed by atoms with E-state index in [1.54, 1.807) is 12.1 Å². The summed E-state index contributed by atoms with van der Waals surface area (Å²) in [6.45, 7) is 4.66. The highest BCUT2D eigenvalue weighted by atomic mass is 19.1. The lowest BCUT2D eigenvalue weighted by molar-refractivity contribution is 0.170. The van der Waals surface area contributed by atoms with E-state index in [4.69, 9.17) is 5.84 Å². The molecule has 1 fully saturated rings. The molecule has 1 aliphatic rings. The zero-order chi connectivity index (χ0) is 13.8. The van der Waals surface area contributed by atoms with E-state index in [0.717, 1.165) is 23.8 Å². The lowest BCUT2D eigenvalue weighted by atomic mass is 9.72. The van der Waals surface area contributed by atoms with E-state index in [1.807, 2.05) is 6.07 Å². The molecule has 0 radical (unpaired) electrons. The van der Waals surface area contributed by atoms with Crippen molar-refractivity contribution in [2.24, 2.45) is 23.6 Å². The number of hydrazine groups is 1. The fourth-order valence-corrected chi connectivity index (χ4v) is 3.23. The number of hydrogen-bond acceptors (Lipinski definition) is 2. The Bertz CT molecular complexity index is 407. The minimum atomic E-state index is -0.168. The molecule has 0 aliphatic heterocycles. The lowest BCUT2D eigenvalue weighted by Crippen LogP contribution is -2.44. The zero-order valence-corrected chi connectivity index (χ0v) is 11.9. The van der Waals surface area contributed by atoms with Gasteiger partial charge in [-0.05, 0) is 54.7 Å². The summed E-state index contributed by atoms with van der Waals surface area (Å²) in [6.07, 6.45) is 4.51. The van der Waals surface area contributed by atoms with Crippen LogP contribution in [0.5, 0.6) is 0 Å². The summed E-state index contributed by atoms with van der Waals surface area (Å²) < 4.78 is 13.2. The highest BCUT2D eigenvalue weighted by molar-refractivity contribution is 5.17. The second-order valence-electron chi connectivity index (χ2n) is 6.13. The van der Waals surface area contributed by atoms with Crippen LogP contribution < -0.4 is 11.3 Å². The van der Waals surface area contributed by atoms with Crippen molar-refractivity contribution in [1.29, 1.82) is 0 Å². The van der Waals surface area contributed by atoms with Crippen molar-refractivity contribution in [3.63, 3.8) is 0 Å². The summed E-state index contributed by atoms with van der Waals surface area (Å²) in [4.78, 5) is 0. The fourth-order valence-electron chi connectivity index (χ4n) is 3.23. The first-order valence-corrected chi connectivity index (χ1v) is 7.30. The molecule has 3 heteroatoms. The number of rotatable bonds is 4. The van der Waals surface area contributed by atoms with Gasteiger partial charge in [-0.3, -0.25) is 11.3 Å². The molecule has 0 amide bonds. The maximum absolute atomic E-state index is 13.2. The lowest BCUT2D eigenvalue weighted by Gasteiger charge is -2.36. The van der Waals surface area contributed by atoms with Gasteiger partial charge in [-0.25, -0.2) is 4.39 Å². The molecule has 1 aliphatic carbocycles. The summed E-state index contributed by atoms with van der Waals surface area (Å²) in [6, 6.07) is 7.08. The minimum Gasteiger partial charge on any atom is -0.271 e. The van der Waals surface area contributed by atoms with Crippen molar-refractivity contribution in [3.8, 4) is 0 Å². The topological polar surface area (TPSA) is 38.0 Å². The van der Waals surface area contributed by atoms with E-state index in [9.17, 15) is 4.39 Å². The van der Waals surface area contributed by atoms with Crippen LogP contribution in [0.3, 0.4) is 0 Å². The summed E-state index contributed by atoms with van der Waals surface area (Å²) in [7, 11) is 0. The molecular weight excluding hydrogens is 239 g/mol. The van der Waals surface area contributed by atoms with Crippen LogP contribution in [0.2, 0.25) is 0 Å². The Balaban J connectivity index is 2.00. The van der Waals surface area contributed by atoms with Gasteiger partial charge in [0.2, 0.25) is 0 Å².